The summed E-state index contributed by atoms with van der Waals surface area (Å²) in [7, 11) is 0. The molecule has 0 fully saturated rings. The van der Waals surface area contributed by atoms with Gasteiger partial charge in [-0.05, 0) is 52.4 Å². The number of halogens is 2. The van der Waals surface area contributed by atoms with Gasteiger partial charge < -0.3 is 10.4 Å². The van der Waals surface area contributed by atoms with Gasteiger partial charge in [-0.25, -0.2) is 0 Å². The molecular weight excluding hydrogens is 418 g/mol. The Morgan fingerprint density at radius 3 is 2.62 bits per heavy atom. The van der Waals surface area contributed by atoms with E-state index in [4.69, 9.17) is 12.2 Å². The van der Waals surface area contributed by atoms with Crippen molar-refractivity contribution in [2.75, 3.05) is 5.32 Å². The summed E-state index contributed by atoms with van der Waals surface area (Å²) in [5.41, 5.74) is 4.33. The molecule has 0 bridgehead atoms. The van der Waals surface area contributed by atoms with Gasteiger partial charge in [0.25, 0.3) is 0 Å². The number of phenolic OH excluding ortho intramolecular Hbond substituents is 1. The van der Waals surface area contributed by atoms with Crippen LogP contribution in [0.4, 0.5) is 5.69 Å². The number of hydrogen-bond donors (Lipinski definition) is 4. The smallest absolute Gasteiger partial charge is 0.228 e. The van der Waals surface area contributed by atoms with Crippen molar-refractivity contribution < 1.29 is 10.2 Å². The molecular formula is C14H12Br2N3OS+. The van der Waals surface area contributed by atoms with Gasteiger partial charge in [0.2, 0.25) is 11.3 Å². The lowest BCUT2D eigenvalue weighted by atomic mass is 10.2. The van der Waals surface area contributed by atoms with Crippen molar-refractivity contribution in [3.63, 3.8) is 0 Å². The fourth-order valence-corrected chi connectivity index (χ4v) is 2.99. The van der Waals surface area contributed by atoms with Crippen molar-refractivity contribution in [2.24, 2.45) is 0 Å². The summed E-state index contributed by atoms with van der Waals surface area (Å²) in [4.78, 5) is 0. The Morgan fingerprint density at radius 2 is 1.90 bits per heavy atom. The lowest BCUT2D eigenvalue weighted by Crippen LogP contribution is -2.82. The Kier molecular flexibility index (Phi) is 5.72. The molecule has 0 saturated carbocycles. The maximum Gasteiger partial charge on any atom is 0.228 e. The first kappa shape index (κ1) is 15.9. The third-order valence-electron chi connectivity index (χ3n) is 2.50. The second-order valence-corrected chi connectivity index (χ2v) is 6.24. The van der Waals surface area contributed by atoms with E-state index < -0.39 is 0 Å². The van der Waals surface area contributed by atoms with E-state index in [1.54, 1.807) is 18.3 Å². The molecule has 0 aliphatic rings. The largest absolute Gasteiger partial charge is 0.506 e. The number of hydrazone groups is 1. The molecule has 7 heteroatoms. The molecule has 0 amide bonds. The summed E-state index contributed by atoms with van der Waals surface area (Å²) in [5, 5.41) is 16.2. The van der Waals surface area contributed by atoms with E-state index in [-0.39, 0.29) is 5.75 Å². The number of phenols is 1. The predicted molar refractivity (Wildman–Crippen MR) is 95.4 cm³/mol. The minimum absolute atomic E-state index is 0.148. The van der Waals surface area contributed by atoms with Crippen LogP contribution >= 0.6 is 44.1 Å². The maximum atomic E-state index is 9.91. The Hall–Kier alpha value is -1.44. The number of hydrogen-bond acceptors (Lipinski definition) is 2. The molecule has 0 aromatic heterocycles. The zero-order valence-electron chi connectivity index (χ0n) is 10.7. The molecule has 0 radical (unpaired) electrons. The molecule has 108 valence electrons. The topological polar surface area (TPSA) is 58.3 Å². The highest BCUT2D eigenvalue weighted by atomic mass is 79.9. The Bertz CT molecular complexity index is 677. The van der Waals surface area contributed by atoms with E-state index in [1.165, 1.54) is 0 Å². The predicted octanol–water partition coefficient (Wildman–Crippen LogP) is 2.32. The van der Waals surface area contributed by atoms with E-state index in [1.807, 2.05) is 30.3 Å². The highest BCUT2D eigenvalue weighted by molar-refractivity contribution is 9.11. The zero-order chi connectivity index (χ0) is 15.2. The standard InChI is InChI=1S/C14H11Br2N3OS/c15-10-6-9(13(20)12(16)7-10)8-17-19-14(21)18-11-4-2-1-3-5-11/h1-8,20H,(H2,18,19,21)/p+1. The molecule has 4 nitrogen and oxygen atoms in total. The van der Waals surface area contributed by atoms with Gasteiger partial charge in [-0.1, -0.05) is 34.1 Å². The molecule has 21 heavy (non-hydrogen) atoms. The fraction of sp³-hybridized carbons (Fsp3) is 0. The van der Waals surface area contributed by atoms with Crippen molar-refractivity contribution in [1.82, 2.24) is 5.43 Å². The number of nitrogens with one attached hydrogen (secondary N) is 3. The van der Waals surface area contributed by atoms with E-state index in [2.05, 4.69) is 47.7 Å². The third kappa shape index (κ3) is 4.80. The van der Waals surface area contributed by atoms with Crippen molar-refractivity contribution in [1.29, 1.82) is 0 Å². The highest BCUT2D eigenvalue weighted by Crippen LogP contribution is 2.30. The molecule has 0 atom stereocenters. The minimum atomic E-state index is 0.148. The molecule has 4 N–H and O–H groups in total. The molecule has 0 aliphatic carbocycles. The summed E-state index contributed by atoms with van der Waals surface area (Å²) >= 11 is 11.8. The normalized spacial score (nSPS) is 10.6. The van der Waals surface area contributed by atoms with Crippen LogP contribution in [-0.2, 0) is 0 Å². The summed E-state index contributed by atoms with van der Waals surface area (Å²) in [5.74, 6) is 0.148. The van der Waals surface area contributed by atoms with Crippen LogP contribution in [0.2, 0.25) is 0 Å². The first-order valence-corrected chi connectivity index (χ1v) is 7.94. The van der Waals surface area contributed by atoms with E-state index in [9.17, 15) is 5.11 Å². The number of thiocarbonyl (C=S) groups is 1. The van der Waals surface area contributed by atoms with Gasteiger partial charge in [-0.2, -0.15) is 0 Å². The van der Waals surface area contributed by atoms with E-state index in [0.29, 0.717) is 15.1 Å². The van der Waals surface area contributed by atoms with Crippen LogP contribution in [0.25, 0.3) is 0 Å². The highest BCUT2D eigenvalue weighted by Gasteiger charge is 2.07. The van der Waals surface area contributed by atoms with Gasteiger partial charge in [-0.15, -0.1) is 10.5 Å². The van der Waals surface area contributed by atoms with Crippen LogP contribution in [0.1, 0.15) is 5.56 Å². The van der Waals surface area contributed by atoms with Crippen LogP contribution in [0.15, 0.2) is 51.4 Å². The van der Waals surface area contributed by atoms with Crippen LogP contribution in [-0.4, -0.2) is 16.4 Å². The number of anilines is 1. The van der Waals surface area contributed by atoms with Gasteiger partial charge in [0.05, 0.1) is 10.0 Å². The van der Waals surface area contributed by atoms with Crippen molar-refractivity contribution in [2.45, 2.75) is 0 Å². The van der Waals surface area contributed by atoms with Gasteiger partial charge >= 0.3 is 0 Å². The number of hydrazine groups is 1. The van der Waals surface area contributed by atoms with Gasteiger partial charge in [0.15, 0.2) is 0 Å². The summed E-state index contributed by atoms with van der Waals surface area (Å²) in [6, 6.07) is 13.1. The number of aromatic hydroxyl groups is 1. The van der Waals surface area contributed by atoms with Crippen LogP contribution in [0.3, 0.4) is 0 Å². The third-order valence-corrected chi connectivity index (χ3v) is 3.77. The van der Waals surface area contributed by atoms with Crippen LogP contribution in [0.5, 0.6) is 5.75 Å². The molecule has 0 heterocycles. The molecule has 0 spiro atoms. The molecule has 0 unspecified atom stereocenters. The SMILES string of the molecule is Oc1c(Br)cc(Br)cc1C=[NH+]NC(=S)Nc1ccccc1. The van der Waals surface area contributed by atoms with Crippen molar-refractivity contribution >= 4 is 61.1 Å². The molecule has 2 aromatic rings. The second kappa shape index (κ2) is 7.53. The molecule has 2 rings (SSSR count). The van der Waals surface area contributed by atoms with Gasteiger partial charge in [-0.3, -0.25) is 0 Å². The summed E-state index contributed by atoms with van der Waals surface area (Å²) in [6.45, 7) is 0. The molecule has 0 aliphatic heterocycles. The van der Waals surface area contributed by atoms with Gasteiger partial charge in [0, 0.05) is 10.2 Å². The second-order valence-electron chi connectivity index (χ2n) is 4.06. The lowest BCUT2D eigenvalue weighted by molar-refractivity contribution is -0.499. The summed E-state index contributed by atoms with van der Waals surface area (Å²) in [6.07, 6.45) is 1.61. The Labute approximate surface area is 144 Å². The minimum Gasteiger partial charge on any atom is -0.506 e. The zero-order valence-corrected chi connectivity index (χ0v) is 14.7. The Morgan fingerprint density at radius 1 is 1.19 bits per heavy atom. The number of benzene rings is 2. The molecule has 0 saturated heterocycles. The number of para-hydroxylation sites is 1. The lowest BCUT2D eigenvalue weighted by Gasteiger charge is -2.04. The molecule has 2 aromatic carbocycles. The monoisotopic (exact) mass is 428 g/mol. The van der Waals surface area contributed by atoms with Crippen molar-refractivity contribution in [3.05, 3.63) is 57.0 Å². The average Bonchev–Trinajstić information content (AvgIpc) is 2.45. The van der Waals surface area contributed by atoms with Crippen LogP contribution < -0.4 is 15.8 Å². The summed E-state index contributed by atoms with van der Waals surface area (Å²) < 4.78 is 1.46. The maximum absolute atomic E-state index is 9.91. The Balaban J connectivity index is 1.98. The van der Waals surface area contributed by atoms with Crippen molar-refractivity contribution in [3.8, 4) is 5.75 Å². The van der Waals surface area contributed by atoms with Crippen LogP contribution in [0, 0.1) is 0 Å². The first-order chi connectivity index (χ1) is 10.1. The average molecular weight is 430 g/mol. The first-order valence-electron chi connectivity index (χ1n) is 5.95. The van der Waals surface area contributed by atoms with E-state index >= 15 is 0 Å². The quantitative estimate of drug-likeness (QED) is 0.343. The fourth-order valence-electron chi connectivity index (χ4n) is 1.56. The number of rotatable bonds is 3. The van der Waals surface area contributed by atoms with E-state index in [0.717, 1.165) is 10.2 Å². The van der Waals surface area contributed by atoms with Gasteiger partial charge in [0.1, 0.15) is 5.75 Å².